The van der Waals surface area contributed by atoms with Crippen molar-refractivity contribution in [1.29, 1.82) is 0 Å². The predicted molar refractivity (Wildman–Crippen MR) is 73.7 cm³/mol. The van der Waals surface area contributed by atoms with Crippen LogP contribution in [0.5, 0.6) is 0 Å². The Hall–Kier alpha value is -1.30. The van der Waals surface area contributed by atoms with Gasteiger partial charge in [-0.3, -0.25) is 9.59 Å². The summed E-state index contributed by atoms with van der Waals surface area (Å²) in [5.41, 5.74) is 0. The van der Waals surface area contributed by atoms with Gasteiger partial charge < -0.3 is 14.6 Å². The van der Waals surface area contributed by atoms with E-state index in [1.807, 2.05) is 4.90 Å². The van der Waals surface area contributed by atoms with E-state index in [2.05, 4.69) is 28.2 Å². The standard InChI is InChI=1S/C13H17BrN2O3/c1-9-3-2-6-16(8-9)12(17)7-15-13(18)10-4-5-11(14)19-10/h4-5,9H,2-3,6-8H2,1H3,(H,15,18). The monoisotopic (exact) mass is 328 g/mol. The molecule has 0 aliphatic carbocycles. The first kappa shape index (κ1) is 14.1. The second-order valence-electron chi connectivity index (χ2n) is 4.87. The van der Waals surface area contributed by atoms with E-state index in [-0.39, 0.29) is 24.1 Å². The van der Waals surface area contributed by atoms with Crippen molar-refractivity contribution in [3.8, 4) is 0 Å². The minimum atomic E-state index is -0.371. The van der Waals surface area contributed by atoms with Crippen molar-refractivity contribution in [1.82, 2.24) is 10.2 Å². The number of carbonyl (C=O) groups is 2. The van der Waals surface area contributed by atoms with Crippen molar-refractivity contribution in [2.75, 3.05) is 19.6 Å². The van der Waals surface area contributed by atoms with Gasteiger partial charge in [0, 0.05) is 13.1 Å². The number of hydrogen-bond acceptors (Lipinski definition) is 3. The number of likely N-dealkylation sites (tertiary alicyclic amines) is 1. The summed E-state index contributed by atoms with van der Waals surface area (Å²) in [5, 5.41) is 2.58. The molecule has 1 fully saturated rings. The number of rotatable bonds is 3. The van der Waals surface area contributed by atoms with Gasteiger partial charge in [-0.2, -0.15) is 0 Å². The zero-order chi connectivity index (χ0) is 13.8. The van der Waals surface area contributed by atoms with Gasteiger partial charge in [-0.1, -0.05) is 6.92 Å². The largest absolute Gasteiger partial charge is 0.444 e. The summed E-state index contributed by atoms with van der Waals surface area (Å²) in [7, 11) is 0. The lowest BCUT2D eigenvalue weighted by Gasteiger charge is -2.30. The molecular formula is C13H17BrN2O3. The molecule has 0 aromatic carbocycles. The number of halogens is 1. The van der Waals surface area contributed by atoms with Crippen LogP contribution in [0.3, 0.4) is 0 Å². The van der Waals surface area contributed by atoms with Crippen molar-refractivity contribution in [3.63, 3.8) is 0 Å². The molecule has 1 aromatic heterocycles. The van der Waals surface area contributed by atoms with Crippen LogP contribution in [0.25, 0.3) is 0 Å². The molecule has 1 aliphatic heterocycles. The van der Waals surface area contributed by atoms with Gasteiger partial charge in [-0.25, -0.2) is 0 Å². The number of amides is 2. The topological polar surface area (TPSA) is 62.6 Å². The number of furan rings is 1. The molecule has 2 heterocycles. The highest BCUT2D eigenvalue weighted by molar-refractivity contribution is 9.10. The van der Waals surface area contributed by atoms with Gasteiger partial charge >= 0.3 is 0 Å². The summed E-state index contributed by atoms with van der Waals surface area (Å²) in [4.78, 5) is 25.5. The first-order valence-electron chi connectivity index (χ1n) is 6.37. The molecule has 1 N–H and O–H groups in total. The van der Waals surface area contributed by atoms with E-state index >= 15 is 0 Å². The summed E-state index contributed by atoms with van der Waals surface area (Å²) in [6.07, 6.45) is 2.20. The lowest BCUT2D eigenvalue weighted by molar-refractivity contribution is -0.131. The van der Waals surface area contributed by atoms with Crippen LogP contribution >= 0.6 is 15.9 Å². The smallest absolute Gasteiger partial charge is 0.287 e. The fourth-order valence-corrected chi connectivity index (χ4v) is 2.51. The number of carbonyl (C=O) groups excluding carboxylic acids is 2. The van der Waals surface area contributed by atoms with E-state index in [0.717, 1.165) is 25.9 Å². The fraction of sp³-hybridized carbons (Fsp3) is 0.538. The molecule has 1 aromatic rings. The van der Waals surface area contributed by atoms with Crippen LogP contribution in [0, 0.1) is 5.92 Å². The van der Waals surface area contributed by atoms with Crippen molar-refractivity contribution >= 4 is 27.7 Å². The first-order valence-corrected chi connectivity index (χ1v) is 7.17. The van der Waals surface area contributed by atoms with Crippen LogP contribution in [-0.2, 0) is 4.79 Å². The Balaban J connectivity index is 1.81. The molecule has 19 heavy (non-hydrogen) atoms. The highest BCUT2D eigenvalue weighted by atomic mass is 79.9. The maximum atomic E-state index is 12.0. The summed E-state index contributed by atoms with van der Waals surface area (Å²) in [5.74, 6) is 0.329. The predicted octanol–water partition coefficient (Wildman–Crippen LogP) is 2.03. The summed E-state index contributed by atoms with van der Waals surface area (Å²) >= 11 is 3.13. The van der Waals surface area contributed by atoms with E-state index in [1.165, 1.54) is 0 Å². The van der Waals surface area contributed by atoms with Gasteiger partial charge in [0.15, 0.2) is 10.4 Å². The lowest BCUT2D eigenvalue weighted by atomic mass is 10.0. The Labute approximate surface area is 120 Å². The molecule has 6 heteroatoms. The minimum Gasteiger partial charge on any atom is -0.444 e. The van der Waals surface area contributed by atoms with Crippen LogP contribution in [0.1, 0.15) is 30.3 Å². The molecule has 2 amide bonds. The molecule has 1 aliphatic rings. The Morgan fingerprint density at radius 1 is 1.53 bits per heavy atom. The van der Waals surface area contributed by atoms with Crippen molar-refractivity contribution in [2.45, 2.75) is 19.8 Å². The maximum Gasteiger partial charge on any atom is 0.287 e. The molecule has 1 unspecified atom stereocenters. The molecular weight excluding hydrogens is 312 g/mol. The van der Waals surface area contributed by atoms with E-state index in [4.69, 9.17) is 4.42 Å². The van der Waals surface area contributed by atoms with Gasteiger partial charge in [-0.05, 0) is 46.8 Å². The number of nitrogens with zero attached hydrogens (tertiary/aromatic N) is 1. The number of hydrogen-bond donors (Lipinski definition) is 1. The second-order valence-corrected chi connectivity index (χ2v) is 5.66. The molecule has 0 spiro atoms. The summed E-state index contributed by atoms with van der Waals surface area (Å²) in [6.45, 7) is 3.72. The van der Waals surface area contributed by atoms with E-state index in [0.29, 0.717) is 10.6 Å². The molecule has 0 bridgehead atoms. The summed E-state index contributed by atoms with van der Waals surface area (Å²) in [6, 6.07) is 3.20. The van der Waals surface area contributed by atoms with E-state index in [1.54, 1.807) is 12.1 Å². The SMILES string of the molecule is CC1CCCN(C(=O)CNC(=O)c2ccc(Br)o2)C1. The molecule has 104 valence electrons. The molecule has 2 rings (SSSR count). The lowest BCUT2D eigenvalue weighted by Crippen LogP contribution is -2.44. The van der Waals surface area contributed by atoms with Crippen molar-refractivity contribution < 1.29 is 14.0 Å². The van der Waals surface area contributed by atoms with E-state index in [9.17, 15) is 9.59 Å². The number of piperidine rings is 1. The van der Waals surface area contributed by atoms with Crippen LogP contribution in [0.2, 0.25) is 0 Å². The second kappa shape index (κ2) is 6.23. The van der Waals surface area contributed by atoms with Gasteiger partial charge in [0.2, 0.25) is 5.91 Å². The van der Waals surface area contributed by atoms with Gasteiger partial charge in [-0.15, -0.1) is 0 Å². The summed E-state index contributed by atoms with van der Waals surface area (Å²) < 4.78 is 5.61. The Kier molecular flexibility index (Phi) is 4.63. The molecule has 5 nitrogen and oxygen atoms in total. The Morgan fingerprint density at radius 2 is 2.32 bits per heavy atom. The normalized spacial score (nSPS) is 19.3. The third-order valence-electron chi connectivity index (χ3n) is 3.21. The molecule has 1 atom stereocenters. The molecule has 0 radical (unpaired) electrons. The van der Waals surface area contributed by atoms with Crippen molar-refractivity contribution in [2.24, 2.45) is 5.92 Å². The molecule has 1 saturated heterocycles. The highest BCUT2D eigenvalue weighted by Gasteiger charge is 2.21. The van der Waals surface area contributed by atoms with E-state index < -0.39 is 0 Å². The minimum absolute atomic E-state index is 0.0177. The third kappa shape index (κ3) is 3.83. The Bertz CT molecular complexity index is 472. The van der Waals surface area contributed by atoms with Crippen LogP contribution in [0.15, 0.2) is 21.2 Å². The fourth-order valence-electron chi connectivity index (χ4n) is 2.21. The third-order valence-corrected chi connectivity index (χ3v) is 3.63. The zero-order valence-electron chi connectivity index (χ0n) is 10.8. The van der Waals surface area contributed by atoms with Gasteiger partial charge in [0.1, 0.15) is 0 Å². The highest BCUT2D eigenvalue weighted by Crippen LogP contribution is 2.15. The first-order chi connectivity index (χ1) is 9.06. The quantitative estimate of drug-likeness (QED) is 0.923. The maximum absolute atomic E-state index is 12.0. The van der Waals surface area contributed by atoms with Crippen LogP contribution in [0.4, 0.5) is 0 Å². The van der Waals surface area contributed by atoms with Crippen molar-refractivity contribution in [3.05, 3.63) is 22.6 Å². The average Bonchev–Trinajstić information content (AvgIpc) is 2.82. The van der Waals surface area contributed by atoms with Crippen LogP contribution < -0.4 is 5.32 Å². The van der Waals surface area contributed by atoms with Crippen LogP contribution in [-0.4, -0.2) is 36.3 Å². The zero-order valence-corrected chi connectivity index (χ0v) is 12.4. The average molecular weight is 329 g/mol. The Morgan fingerprint density at radius 3 is 2.95 bits per heavy atom. The number of nitrogens with one attached hydrogen (secondary N) is 1. The molecule has 0 saturated carbocycles. The van der Waals surface area contributed by atoms with Gasteiger partial charge in [0.05, 0.1) is 6.54 Å². The van der Waals surface area contributed by atoms with Gasteiger partial charge in [0.25, 0.3) is 5.91 Å².